The number of carbonyl (C=O) groups excluding carboxylic acids is 1. The van der Waals surface area contributed by atoms with E-state index in [4.69, 9.17) is 0 Å². The van der Waals surface area contributed by atoms with Gasteiger partial charge in [-0.3, -0.25) is 4.79 Å². The minimum Gasteiger partial charge on any atom is -0.504 e. The lowest BCUT2D eigenvalue weighted by Crippen LogP contribution is -2.26. The average molecular weight is 275 g/mol. The van der Waals surface area contributed by atoms with Crippen LogP contribution in [0.15, 0.2) is 36.4 Å². The average Bonchev–Trinajstić information content (AvgIpc) is 2.43. The Hall–Kier alpha value is -2.89. The monoisotopic (exact) mass is 275 g/mol. The van der Waals surface area contributed by atoms with E-state index in [2.05, 4.69) is 0 Å². The third kappa shape index (κ3) is 2.44. The highest BCUT2D eigenvalue weighted by atomic mass is 16.3. The van der Waals surface area contributed by atoms with Crippen LogP contribution in [0.5, 0.6) is 23.0 Å². The van der Waals surface area contributed by atoms with Crippen LogP contribution < -0.4 is 4.90 Å². The minimum atomic E-state index is -0.439. The molecule has 2 rings (SSSR count). The van der Waals surface area contributed by atoms with Crippen molar-refractivity contribution in [1.29, 1.82) is 0 Å². The maximum Gasteiger partial charge on any atom is 0.258 e. The Morgan fingerprint density at radius 1 is 0.850 bits per heavy atom. The summed E-state index contributed by atoms with van der Waals surface area (Å²) in [7, 11) is 1.48. The van der Waals surface area contributed by atoms with E-state index in [1.54, 1.807) is 0 Å². The Labute approximate surface area is 114 Å². The van der Waals surface area contributed by atoms with E-state index >= 15 is 0 Å². The van der Waals surface area contributed by atoms with Gasteiger partial charge in [-0.1, -0.05) is 0 Å². The molecule has 0 aromatic heterocycles. The second-order valence-corrected chi connectivity index (χ2v) is 4.24. The summed E-state index contributed by atoms with van der Waals surface area (Å²) >= 11 is 0. The molecule has 0 unspecified atom stereocenters. The maximum atomic E-state index is 12.2. The summed E-state index contributed by atoms with van der Waals surface area (Å²) < 4.78 is 0. The summed E-state index contributed by atoms with van der Waals surface area (Å²) in [6.45, 7) is 0. The van der Waals surface area contributed by atoms with Gasteiger partial charge in [-0.25, -0.2) is 0 Å². The van der Waals surface area contributed by atoms with Crippen LogP contribution in [0.1, 0.15) is 10.4 Å². The van der Waals surface area contributed by atoms with Crippen LogP contribution in [0.3, 0.4) is 0 Å². The van der Waals surface area contributed by atoms with Crippen LogP contribution in [0, 0.1) is 0 Å². The van der Waals surface area contributed by atoms with Gasteiger partial charge in [0.2, 0.25) is 0 Å². The third-order valence-corrected chi connectivity index (χ3v) is 2.87. The first-order chi connectivity index (χ1) is 9.40. The molecule has 0 aliphatic carbocycles. The highest BCUT2D eigenvalue weighted by molar-refractivity contribution is 6.06. The molecular weight excluding hydrogens is 262 g/mol. The molecule has 0 bridgehead atoms. The fourth-order valence-electron chi connectivity index (χ4n) is 1.69. The molecule has 0 saturated carbocycles. The van der Waals surface area contributed by atoms with Crippen molar-refractivity contribution in [3.63, 3.8) is 0 Å². The van der Waals surface area contributed by atoms with Crippen LogP contribution in [-0.2, 0) is 0 Å². The SMILES string of the molecule is CN(C(=O)c1ccc(O)c(O)c1)c1ccc(O)c(O)c1. The van der Waals surface area contributed by atoms with E-state index in [1.807, 2.05) is 0 Å². The number of nitrogens with zero attached hydrogens (tertiary/aromatic N) is 1. The van der Waals surface area contributed by atoms with Crippen molar-refractivity contribution < 1.29 is 25.2 Å². The Bertz CT molecular complexity index is 669. The molecule has 2 aromatic rings. The molecule has 0 radical (unpaired) electrons. The van der Waals surface area contributed by atoms with E-state index in [0.29, 0.717) is 5.69 Å². The summed E-state index contributed by atoms with van der Waals surface area (Å²) in [5, 5.41) is 37.3. The molecule has 0 fully saturated rings. The van der Waals surface area contributed by atoms with Crippen molar-refractivity contribution in [3.05, 3.63) is 42.0 Å². The van der Waals surface area contributed by atoms with Gasteiger partial charge < -0.3 is 25.3 Å². The number of rotatable bonds is 2. The number of phenolic OH excluding ortho intramolecular Hbond substituents is 4. The van der Waals surface area contributed by atoms with Gasteiger partial charge in [-0.15, -0.1) is 0 Å². The van der Waals surface area contributed by atoms with E-state index < -0.39 is 11.7 Å². The largest absolute Gasteiger partial charge is 0.504 e. The van der Waals surface area contributed by atoms with Gasteiger partial charge in [0.1, 0.15) is 0 Å². The van der Waals surface area contributed by atoms with Crippen molar-refractivity contribution in [1.82, 2.24) is 0 Å². The number of hydrogen-bond acceptors (Lipinski definition) is 5. The fourth-order valence-corrected chi connectivity index (χ4v) is 1.69. The maximum absolute atomic E-state index is 12.2. The van der Waals surface area contributed by atoms with Crippen LogP contribution in [-0.4, -0.2) is 33.4 Å². The lowest BCUT2D eigenvalue weighted by molar-refractivity contribution is 0.0992. The van der Waals surface area contributed by atoms with E-state index in [-0.39, 0.29) is 22.8 Å². The molecule has 0 aliphatic heterocycles. The molecule has 0 atom stereocenters. The molecule has 20 heavy (non-hydrogen) atoms. The van der Waals surface area contributed by atoms with Crippen molar-refractivity contribution in [2.45, 2.75) is 0 Å². The normalized spacial score (nSPS) is 10.2. The Morgan fingerprint density at radius 3 is 1.95 bits per heavy atom. The predicted octanol–water partition coefficient (Wildman–Crippen LogP) is 1.79. The summed E-state index contributed by atoms with van der Waals surface area (Å²) in [5.41, 5.74) is 0.549. The first-order valence-electron chi connectivity index (χ1n) is 5.72. The number of carbonyl (C=O) groups is 1. The Morgan fingerprint density at radius 2 is 1.40 bits per heavy atom. The second-order valence-electron chi connectivity index (χ2n) is 4.24. The summed E-state index contributed by atoms with van der Waals surface area (Å²) in [4.78, 5) is 13.4. The van der Waals surface area contributed by atoms with Crippen molar-refractivity contribution in [3.8, 4) is 23.0 Å². The van der Waals surface area contributed by atoms with Crippen LogP contribution in [0.4, 0.5) is 5.69 Å². The quantitative estimate of drug-likeness (QED) is 0.626. The van der Waals surface area contributed by atoms with E-state index in [1.165, 1.54) is 42.3 Å². The number of phenols is 4. The number of aromatic hydroxyl groups is 4. The zero-order valence-corrected chi connectivity index (χ0v) is 10.6. The van der Waals surface area contributed by atoms with Gasteiger partial charge in [0, 0.05) is 24.4 Å². The summed E-state index contributed by atoms with van der Waals surface area (Å²) in [5.74, 6) is -1.76. The van der Waals surface area contributed by atoms with Gasteiger partial charge in [-0.05, 0) is 30.3 Å². The molecule has 2 aromatic carbocycles. The lowest BCUT2D eigenvalue weighted by atomic mass is 10.1. The van der Waals surface area contributed by atoms with Gasteiger partial charge in [0.25, 0.3) is 5.91 Å². The number of hydrogen-bond donors (Lipinski definition) is 4. The highest BCUT2D eigenvalue weighted by Crippen LogP contribution is 2.30. The van der Waals surface area contributed by atoms with Gasteiger partial charge in [-0.2, -0.15) is 0 Å². The number of benzene rings is 2. The Balaban J connectivity index is 2.32. The van der Waals surface area contributed by atoms with Gasteiger partial charge in [0.05, 0.1) is 0 Å². The summed E-state index contributed by atoms with van der Waals surface area (Å²) in [6.07, 6.45) is 0. The molecule has 6 heteroatoms. The van der Waals surface area contributed by atoms with E-state index in [9.17, 15) is 25.2 Å². The Kier molecular flexibility index (Phi) is 3.39. The standard InChI is InChI=1S/C14H13NO5/c1-15(9-3-5-11(17)13(19)7-9)14(20)8-2-4-10(16)12(18)6-8/h2-7,16-19H,1H3. The summed E-state index contributed by atoms with van der Waals surface area (Å²) in [6, 6.07) is 7.71. The van der Waals surface area contributed by atoms with Gasteiger partial charge >= 0.3 is 0 Å². The molecular formula is C14H13NO5. The fraction of sp³-hybridized carbons (Fsp3) is 0.0714. The molecule has 0 heterocycles. The minimum absolute atomic E-state index is 0.176. The second kappa shape index (κ2) is 5.00. The lowest BCUT2D eigenvalue weighted by Gasteiger charge is -2.18. The van der Waals surface area contributed by atoms with Gasteiger partial charge in [0.15, 0.2) is 23.0 Å². The molecule has 4 N–H and O–H groups in total. The topological polar surface area (TPSA) is 101 Å². The van der Waals surface area contributed by atoms with Crippen LogP contribution >= 0.6 is 0 Å². The molecule has 6 nitrogen and oxygen atoms in total. The zero-order chi connectivity index (χ0) is 14.9. The highest BCUT2D eigenvalue weighted by Gasteiger charge is 2.16. The number of anilines is 1. The molecule has 0 saturated heterocycles. The van der Waals surface area contributed by atoms with Crippen molar-refractivity contribution in [2.24, 2.45) is 0 Å². The molecule has 1 amide bonds. The molecule has 0 spiro atoms. The van der Waals surface area contributed by atoms with Crippen LogP contribution in [0.25, 0.3) is 0 Å². The molecule has 104 valence electrons. The third-order valence-electron chi connectivity index (χ3n) is 2.87. The predicted molar refractivity (Wildman–Crippen MR) is 72.3 cm³/mol. The smallest absolute Gasteiger partial charge is 0.258 e. The van der Waals surface area contributed by atoms with Crippen LogP contribution in [0.2, 0.25) is 0 Å². The number of amides is 1. The zero-order valence-electron chi connectivity index (χ0n) is 10.6. The van der Waals surface area contributed by atoms with Crippen molar-refractivity contribution >= 4 is 11.6 Å². The van der Waals surface area contributed by atoms with E-state index in [0.717, 1.165) is 6.07 Å². The first-order valence-corrected chi connectivity index (χ1v) is 5.72. The molecule has 0 aliphatic rings. The first kappa shape index (κ1) is 13.5. The van der Waals surface area contributed by atoms with Crippen molar-refractivity contribution in [2.75, 3.05) is 11.9 Å².